The van der Waals surface area contributed by atoms with Crippen LogP contribution in [-0.4, -0.2) is 26.5 Å². The number of aryl methyl sites for hydroxylation is 1. The largest absolute Gasteiger partial charge is 0.424 e. The van der Waals surface area contributed by atoms with E-state index in [0.29, 0.717) is 22.9 Å². The van der Waals surface area contributed by atoms with Crippen LogP contribution in [0.4, 0.5) is 11.6 Å². The van der Waals surface area contributed by atoms with Crippen molar-refractivity contribution in [1.29, 1.82) is 0 Å². The average Bonchev–Trinajstić information content (AvgIpc) is 3.07. The van der Waals surface area contributed by atoms with Gasteiger partial charge in [0.2, 0.25) is 0 Å². The van der Waals surface area contributed by atoms with Crippen molar-refractivity contribution in [1.82, 2.24) is 20.2 Å². The Kier molecular flexibility index (Phi) is 4.03. The molecule has 4 aromatic rings. The molecule has 26 heavy (non-hydrogen) atoms. The van der Waals surface area contributed by atoms with Crippen molar-refractivity contribution in [3.05, 3.63) is 65.9 Å². The number of nitrogens with zero attached hydrogens (tertiary/aromatic N) is 3. The lowest BCUT2D eigenvalue weighted by molar-refractivity contribution is 0.112. The molecular formula is C19H15N5O2. The lowest BCUT2D eigenvalue weighted by Crippen LogP contribution is -2.00. The van der Waals surface area contributed by atoms with Crippen molar-refractivity contribution in [2.24, 2.45) is 0 Å². The molecule has 2 aromatic heterocycles. The van der Waals surface area contributed by atoms with Gasteiger partial charge in [0, 0.05) is 22.7 Å². The molecule has 7 nitrogen and oxygen atoms in total. The number of carbonyl (C=O) groups is 1. The summed E-state index contributed by atoms with van der Waals surface area (Å²) in [5.41, 5.74) is 2.19. The number of aromatic amines is 1. The van der Waals surface area contributed by atoms with E-state index in [1.165, 1.54) is 0 Å². The van der Waals surface area contributed by atoms with E-state index >= 15 is 0 Å². The highest BCUT2D eigenvalue weighted by atomic mass is 16.5. The molecule has 0 aliphatic heterocycles. The number of nitrogens with one attached hydrogen (secondary N) is 2. The molecule has 0 aliphatic rings. The minimum atomic E-state index is 0.182. The van der Waals surface area contributed by atoms with Gasteiger partial charge in [-0.15, -0.1) is 0 Å². The summed E-state index contributed by atoms with van der Waals surface area (Å²) >= 11 is 0. The fourth-order valence-electron chi connectivity index (χ4n) is 2.56. The van der Waals surface area contributed by atoms with Gasteiger partial charge in [-0.25, -0.2) is 0 Å². The van der Waals surface area contributed by atoms with Gasteiger partial charge in [-0.3, -0.25) is 9.89 Å². The van der Waals surface area contributed by atoms with Crippen LogP contribution in [0.1, 0.15) is 16.1 Å². The van der Waals surface area contributed by atoms with Gasteiger partial charge in [-0.2, -0.15) is 15.1 Å². The highest BCUT2D eigenvalue weighted by Gasteiger charge is 2.11. The van der Waals surface area contributed by atoms with Crippen molar-refractivity contribution in [3.8, 4) is 11.8 Å². The fraction of sp³-hybridized carbons (Fsp3) is 0.0526. The number of benzene rings is 2. The van der Waals surface area contributed by atoms with Gasteiger partial charge in [-0.1, -0.05) is 24.3 Å². The molecule has 2 N–H and O–H groups in total. The third-order valence-electron chi connectivity index (χ3n) is 3.74. The predicted octanol–water partition coefficient (Wildman–Crippen LogP) is 4.01. The van der Waals surface area contributed by atoms with Gasteiger partial charge in [-0.05, 0) is 31.2 Å². The molecule has 0 saturated carbocycles. The van der Waals surface area contributed by atoms with Crippen LogP contribution < -0.4 is 10.1 Å². The van der Waals surface area contributed by atoms with Crippen LogP contribution in [0.2, 0.25) is 0 Å². The topological polar surface area (TPSA) is 92.8 Å². The Morgan fingerprint density at radius 3 is 2.77 bits per heavy atom. The number of hydrogen-bond donors (Lipinski definition) is 2. The van der Waals surface area contributed by atoms with Crippen LogP contribution >= 0.6 is 0 Å². The van der Waals surface area contributed by atoms with E-state index in [4.69, 9.17) is 4.74 Å². The zero-order valence-electron chi connectivity index (χ0n) is 13.9. The van der Waals surface area contributed by atoms with Crippen molar-refractivity contribution in [3.63, 3.8) is 0 Å². The number of aromatic nitrogens is 4. The predicted molar refractivity (Wildman–Crippen MR) is 98.0 cm³/mol. The highest BCUT2D eigenvalue weighted by molar-refractivity contribution is 5.90. The second-order valence-electron chi connectivity index (χ2n) is 5.73. The number of fused-ring (bicyclic) bond motifs is 1. The maximum atomic E-state index is 10.9. The number of aldehydes is 1. The third kappa shape index (κ3) is 3.23. The average molecular weight is 345 g/mol. The number of H-pyrrole nitrogens is 1. The zero-order chi connectivity index (χ0) is 17.9. The van der Waals surface area contributed by atoms with Crippen molar-refractivity contribution in [2.45, 2.75) is 6.92 Å². The number of carbonyl (C=O) groups excluding carboxylic acids is 1. The lowest BCUT2D eigenvalue weighted by Gasteiger charge is -2.10. The summed E-state index contributed by atoms with van der Waals surface area (Å²) in [4.78, 5) is 19.9. The van der Waals surface area contributed by atoms with Crippen molar-refractivity contribution >= 4 is 28.8 Å². The Bertz CT molecular complexity index is 1090. The number of para-hydroxylation sites is 1. The summed E-state index contributed by atoms with van der Waals surface area (Å²) < 4.78 is 5.76. The molecule has 2 heterocycles. The quantitative estimate of drug-likeness (QED) is 0.531. The van der Waals surface area contributed by atoms with E-state index in [2.05, 4.69) is 25.5 Å². The second-order valence-corrected chi connectivity index (χ2v) is 5.73. The SMILES string of the molecule is Cc1cc(Nc2nc(Oc3cccc(C=O)c3)nc3ccccc23)n[nH]1. The van der Waals surface area contributed by atoms with Crippen LogP contribution in [0.25, 0.3) is 10.9 Å². The minimum absolute atomic E-state index is 0.182. The number of rotatable bonds is 5. The van der Waals surface area contributed by atoms with Crippen LogP contribution in [0.3, 0.4) is 0 Å². The molecule has 0 unspecified atom stereocenters. The summed E-state index contributed by atoms with van der Waals surface area (Å²) in [6.07, 6.45) is 0.765. The van der Waals surface area contributed by atoms with Crippen molar-refractivity contribution in [2.75, 3.05) is 5.32 Å². The molecular weight excluding hydrogens is 330 g/mol. The zero-order valence-corrected chi connectivity index (χ0v) is 13.9. The molecule has 0 fully saturated rings. The molecule has 0 atom stereocenters. The molecule has 0 bridgehead atoms. The summed E-state index contributed by atoms with van der Waals surface area (Å²) in [6.45, 7) is 1.92. The first-order valence-electron chi connectivity index (χ1n) is 8.00. The first kappa shape index (κ1) is 15.8. The summed E-state index contributed by atoms with van der Waals surface area (Å²) in [5.74, 6) is 1.73. The normalized spacial score (nSPS) is 10.7. The summed E-state index contributed by atoms with van der Waals surface area (Å²) in [5, 5.41) is 11.1. The van der Waals surface area contributed by atoms with E-state index in [9.17, 15) is 4.79 Å². The first-order chi connectivity index (χ1) is 12.7. The molecule has 0 spiro atoms. The Morgan fingerprint density at radius 2 is 1.96 bits per heavy atom. The molecule has 0 aliphatic carbocycles. The Labute approximate surface area is 149 Å². The standard InChI is InChI=1S/C19H15N5O2/c1-12-9-17(24-23-12)21-18-15-7-2-3-8-16(15)20-19(22-18)26-14-6-4-5-13(10-14)11-25/h2-11H,1H3,(H2,20,21,22,23,24). The summed E-state index contributed by atoms with van der Waals surface area (Å²) in [6, 6.07) is 16.5. The molecule has 7 heteroatoms. The minimum Gasteiger partial charge on any atom is -0.424 e. The Hall–Kier alpha value is -3.74. The molecule has 2 aromatic carbocycles. The van der Waals surface area contributed by atoms with E-state index in [0.717, 1.165) is 22.9 Å². The molecule has 4 rings (SSSR count). The van der Waals surface area contributed by atoms with Crippen LogP contribution in [0.15, 0.2) is 54.6 Å². The van der Waals surface area contributed by atoms with E-state index in [-0.39, 0.29) is 6.01 Å². The fourth-order valence-corrected chi connectivity index (χ4v) is 2.56. The number of ether oxygens (including phenoxy) is 1. The molecule has 128 valence electrons. The smallest absolute Gasteiger partial charge is 0.324 e. The van der Waals surface area contributed by atoms with Crippen molar-refractivity contribution < 1.29 is 9.53 Å². The van der Waals surface area contributed by atoms with Crippen LogP contribution in [-0.2, 0) is 0 Å². The molecule has 0 radical (unpaired) electrons. The second kappa shape index (κ2) is 6.64. The number of hydrogen-bond acceptors (Lipinski definition) is 6. The van der Waals surface area contributed by atoms with Gasteiger partial charge in [0.05, 0.1) is 5.52 Å². The van der Waals surface area contributed by atoms with E-state index in [1.54, 1.807) is 24.3 Å². The van der Waals surface area contributed by atoms with Crippen LogP contribution in [0, 0.1) is 6.92 Å². The van der Waals surface area contributed by atoms with Crippen LogP contribution in [0.5, 0.6) is 11.8 Å². The first-order valence-corrected chi connectivity index (χ1v) is 8.00. The number of anilines is 2. The van der Waals surface area contributed by atoms with E-state index in [1.807, 2.05) is 37.3 Å². The van der Waals surface area contributed by atoms with Gasteiger partial charge >= 0.3 is 6.01 Å². The van der Waals surface area contributed by atoms with Gasteiger partial charge in [0.15, 0.2) is 5.82 Å². The molecule has 0 saturated heterocycles. The summed E-state index contributed by atoms with van der Waals surface area (Å²) in [7, 11) is 0. The highest BCUT2D eigenvalue weighted by Crippen LogP contribution is 2.27. The monoisotopic (exact) mass is 345 g/mol. The van der Waals surface area contributed by atoms with E-state index < -0.39 is 0 Å². The third-order valence-corrected chi connectivity index (χ3v) is 3.74. The Balaban J connectivity index is 1.74. The van der Waals surface area contributed by atoms with Gasteiger partial charge in [0.25, 0.3) is 0 Å². The maximum absolute atomic E-state index is 10.9. The molecule has 0 amide bonds. The van der Waals surface area contributed by atoms with Gasteiger partial charge < -0.3 is 10.1 Å². The Morgan fingerprint density at radius 1 is 1.08 bits per heavy atom. The lowest BCUT2D eigenvalue weighted by atomic mass is 10.2. The van der Waals surface area contributed by atoms with Gasteiger partial charge in [0.1, 0.15) is 17.9 Å². The maximum Gasteiger partial charge on any atom is 0.324 e.